The molecule has 0 spiro atoms. The van der Waals surface area contributed by atoms with Crippen LogP contribution in [0.3, 0.4) is 0 Å². The van der Waals surface area contributed by atoms with Crippen LogP contribution in [0.1, 0.15) is 63.3 Å². The second-order valence-electron chi connectivity index (χ2n) is 13.2. The molecule has 0 saturated heterocycles. The van der Waals surface area contributed by atoms with Crippen molar-refractivity contribution in [2.24, 2.45) is 0 Å². The number of para-hydroxylation sites is 5. The number of aromatic nitrogens is 4. The number of hydrogen-bond acceptors (Lipinski definition) is 9. The number of benzene rings is 4. The van der Waals surface area contributed by atoms with Crippen molar-refractivity contribution in [1.29, 1.82) is 0 Å². The average Bonchev–Trinajstić information content (AvgIpc) is 3.07. The number of nitrogens with two attached hydrogens (primary N) is 1. The van der Waals surface area contributed by atoms with E-state index in [1.54, 1.807) is 43.4 Å². The van der Waals surface area contributed by atoms with E-state index in [1.165, 1.54) is 0 Å². The van der Waals surface area contributed by atoms with Crippen LogP contribution in [0.5, 0.6) is 0 Å². The van der Waals surface area contributed by atoms with E-state index in [0.29, 0.717) is 27.8 Å². The van der Waals surface area contributed by atoms with Gasteiger partial charge in [-0.1, -0.05) is 96.1 Å². The Balaban J connectivity index is 0.000000189. The molecule has 2 heterocycles. The number of hydrogen-bond donors (Lipinski definition) is 3. The number of rotatable bonds is 4. The standard InChI is InChI=1S/C20H22N4O.C12H15N3.C6H6O2S/c1-20(2,3)17-18(24-16-12-8-7-11-15(16)22-17)23-14-10-6-5-9-13(14)19(25)21-4;1-12(2,3)10-11(13)15-9-7-5-4-6-8(9)14-10;7-9(8)6-4-2-1-3-5-6/h5-12H,1-4H3,(H,21,25)(H,23,24);4-7H,1-3H3,(H2,13,15);1-5H,(H,7,8)/p-1. The zero-order valence-electron chi connectivity index (χ0n) is 28.8. The van der Waals surface area contributed by atoms with Gasteiger partial charge in [-0.25, -0.2) is 19.9 Å². The molecule has 10 nitrogen and oxygen atoms in total. The fraction of sp³-hybridized carbons (Fsp3) is 0.237. The summed E-state index contributed by atoms with van der Waals surface area (Å²) in [7, 11) is 1.62. The molecule has 0 aliphatic heterocycles. The van der Waals surface area contributed by atoms with Gasteiger partial charge in [-0.2, -0.15) is 0 Å². The Bertz CT molecular complexity index is 2070. The quantitative estimate of drug-likeness (QED) is 0.161. The molecule has 1 amide bonds. The molecule has 1 atom stereocenters. The minimum Gasteiger partial charge on any atom is -0.768 e. The molecule has 0 aliphatic carbocycles. The normalized spacial score (nSPS) is 11.8. The highest BCUT2D eigenvalue weighted by molar-refractivity contribution is 7.79. The van der Waals surface area contributed by atoms with Crippen LogP contribution in [0, 0.1) is 0 Å². The van der Waals surface area contributed by atoms with Crippen LogP contribution in [0.2, 0.25) is 0 Å². The number of fused-ring (bicyclic) bond motifs is 2. The Kier molecular flexibility index (Phi) is 11.8. The van der Waals surface area contributed by atoms with E-state index < -0.39 is 11.1 Å². The Morgan fingerprint density at radius 2 is 1.10 bits per heavy atom. The first-order chi connectivity index (χ1) is 23.2. The average molecular weight is 677 g/mol. The first-order valence-electron chi connectivity index (χ1n) is 15.7. The molecule has 0 bridgehead atoms. The number of carbonyl (C=O) groups excluding carboxylic acids is 1. The summed E-state index contributed by atoms with van der Waals surface area (Å²) in [5.41, 5.74) is 12.1. The third-order valence-electron chi connectivity index (χ3n) is 7.18. The summed E-state index contributed by atoms with van der Waals surface area (Å²) >= 11 is -2.08. The summed E-state index contributed by atoms with van der Waals surface area (Å²) < 4.78 is 20.4. The summed E-state index contributed by atoms with van der Waals surface area (Å²) in [6.07, 6.45) is 0. The highest BCUT2D eigenvalue weighted by Crippen LogP contribution is 2.31. The molecule has 0 radical (unpaired) electrons. The molecule has 49 heavy (non-hydrogen) atoms. The molecule has 6 aromatic rings. The van der Waals surface area contributed by atoms with Gasteiger partial charge in [-0.15, -0.1) is 0 Å². The van der Waals surface area contributed by atoms with Crippen LogP contribution in [0.25, 0.3) is 22.1 Å². The first-order valence-corrected chi connectivity index (χ1v) is 16.8. The van der Waals surface area contributed by atoms with E-state index in [1.807, 2.05) is 66.7 Å². The lowest BCUT2D eigenvalue weighted by Crippen LogP contribution is -2.20. The van der Waals surface area contributed by atoms with E-state index in [4.69, 9.17) is 15.7 Å². The maximum absolute atomic E-state index is 12.1. The van der Waals surface area contributed by atoms with Crippen molar-refractivity contribution in [3.63, 3.8) is 0 Å². The van der Waals surface area contributed by atoms with Crippen LogP contribution in [-0.2, 0) is 21.9 Å². The largest absolute Gasteiger partial charge is 0.768 e. The Labute approximate surface area is 289 Å². The maximum atomic E-state index is 12.1. The number of nitrogen functional groups attached to an aromatic ring is 1. The van der Waals surface area contributed by atoms with Gasteiger partial charge in [-0.05, 0) is 59.6 Å². The lowest BCUT2D eigenvalue weighted by atomic mass is 9.91. The molecule has 2 aromatic heterocycles. The van der Waals surface area contributed by atoms with Gasteiger partial charge in [0.2, 0.25) is 0 Å². The lowest BCUT2D eigenvalue weighted by molar-refractivity contribution is 0.0964. The molecule has 254 valence electrons. The van der Waals surface area contributed by atoms with Crippen molar-refractivity contribution in [2.45, 2.75) is 57.3 Å². The molecular formula is C38H42N7O3S-. The molecule has 4 aromatic carbocycles. The number of nitrogens with zero attached hydrogens (tertiary/aromatic N) is 4. The smallest absolute Gasteiger partial charge is 0.253 e. The van der Waals surface area contributed by atoms with Crippen molar-refractivity contribution in [3.8, 4) is 0 Å². The third kappa shape index (κ3) is 9.65. The van der Waals surface area contributed by atoms with Crippen molar-refractivity contribution in [3.05, 3.63) is 120 Å². The Morgan fingerprint density at radius 1 is 0.653 bits per heavy atom. The van der Waals surface area contributed by atoms with Crippen LogP contribution in [0.4, 0.5) is 17.3 Å². The highest BCUT2D eigenvalue weighted by Gasteiger charge is 2.23. The van der Waals surface area contributed by atoms with E-state index in [0.717, 1.165) is 33.5 Å². The number of carbonyl (C=O) groups is 1. The molecule has 0 aliphatic rings. The van der Waals surface area contributed by atoms with Crippen molar-refractivity contribution in [2.75, 3.05) is 18.1 Å². The van der Waals surface area contributed by atoms with Gasteiger partial charge >= 0.3 is 0 Å². The topological polar surface area (TPSA) is 159 Å². The summed E-state index contributed by atoms with van der Waals surface area (Å²) in [6.45, 7) is 12.6. The zero-order chi connectivity index (χ0) is 35.8. The van der Waals surface area contributed by atoms with E-state index in [9.17, 15) is 13.6 Å². The van der Waals surface area contributed by atoms with Crippen LogP contribution >= 0.6 is 0 Å². The van der Waals surface area contributed by atoms with Gasteiger partial charge in [0.15, 0.2) is 5.82 Å². The summed E-state index contributed by atoms with van der Waals surface area (Å²) in [6, 6.07) is 31.2. The van der Waals surface area contributed by atoms with Gasteiger partial charge in [0.25, 0.3) is 5.91 Å². The number of amides is 1. The van der Waals surface area contributed by atoms with E-state index in [2.05, 4.69) is 62.1 Å². The molecular weight excluding hydrogens is 635 g/mol. The second kappa shape index (κ2) is 15.8. The molecule has 11 heteroatoms. The van der Waals surface area contributed by atoms with Crippen LogP contribution < -0.4 is 16.4 Å². The van der Waals surface area contributed by atoms with Crippen LogP contribution in [-0.4, -0.2) is 41.7 Å². The minimum absolute atomic E-state index is 0.0683. The van der Waals surface area contributed by atoms with E-state index in [-0.39, 0.29) is 16.7 Å². The Morgan fingerprint density at radius 3 is 1.59 bits per heavy atom. The predicted octanol–water partition coefficient (Wildman–Crippen LogP) is 7.46. The monoisotopic (exact) mass is 676 g/mol. The fourth-order valence-electron chi connectivity index (χ4n) is 4.76. The van der Waals surface area contributed by atoms with Gasteiger partial charge in [0, 0.05) is 22.8 Å². The molecule has 6 rings (SSSR count). The van der Waals surface area contributed by atoms with Gasteiger partial charge < -0.3 is 20.9 Å². The predicted molar refractivity (Wildman–Crippen MR) is 198 cm³/mol. The summed E-state index contributed by atoms with van der Waals surface area (Å²) in [5, 5.41) is 5.99. The zero-order valence-corrected chi connectivity index (χ0v) is 29.6. The third-order valence-corrected chi connectivity index (χ3v) is 7.83. The highest BCUT2D eigenvalue weighted by atomic mass is 32.2. The van der Waals surface area contributed by atoms with Crippen LogP contribution in [0.15, 0.2) is 108 Å². The Hall–Kier alpha value is -5.26. The molecule has 0 saturated carbocycles. The first kappa shape index (κ1) is 36.6. The van der Waals surface area contributed by atoms with Crippen molar-refractivity contribution < 1.29 is 13.6 Å². The minimum atomic E-state index is -2.08. The van der Waals surface area contributed by atoms with Crippen molar-refractivity contribution in [1.82, 2.24) is 25.3 Å². The number of nitrogens with one attached hydrogen (secondary N) is 2. The second-order valence-corrected chi connectivity index (χ2v) is 14.1. The van der Waals surface area contributed by atoms with Gasteiger partial charge in [0.05, 0.1) is 44.7 Å². The van der Waals surface area contributed by atoms with Gasteiger partial charge in [0.1, 0.15) is 5.82 Å². The SMILES string of the molecule is CC(C)(C)c1nc2ccccc2nc1N.CNC(=O)c1ccccc1Nc1nc2ccccc2nc1C(C)(C)C.O=S([O-])c1ccccc1. The number of anilines is 3. The fourth-order valence-corrected chi connectivity index (χ4v) is 5.14. The molecule has 1 unspecified atom stereocenters. The van der Waals surface area contributed by atoms with Gasteiger partial charge in [-0.3, -0.25) is 9.00 Å². The summed E-state index contributed by atoms with van der Waals surface area (Å²) in [4.78, 5) is 30.9. The summed E-state index contributed by atoms with van der Waals surface area (Å²) in [5.74, 6) is 1.05. The van der Waals surface area contributed by atoms with E-state index >= 15 is 0 Å². The molecule has 4 N–H and O–H groups in total. The van der Waals surface area contributed by atoms with Crippen molar-refractivity contribution >= 4 is 56.4 Å². The molecule has 0 fully saturated rings. The lowest BCUT2D eigenvalue weighted by Gasteiger charge is -2.22. The maximum Gasteiger partial charge on any atom is 0.253 e.